The van der Waals surface area contributed by atoms with Gasteiger partial charge in [-0.05, 0) is 18.6 Å². The zero-order chi connectivity index (χ0) is 9.97. The molecule has 0 amide bonds. The van der Waals surface area contributed by atoms with Crippen LogP contribution in [0.1, 0.15) is 5.56 Å². The molecular formula is C12H14BrNO. The molecule has 0 aliphatic heterocycles. The van der Waals surface area contributed by atoms with Gasteiger partial charge >= 0.3 is 0 Å². The normalized spacial score (nSPS) is 10.0. The maximum Gasteiger partial charge on any atom is 0.212 e. The number of para-hydroxylation sites is 1. The van der Waals surface area contributed by atoms with Crippen LogP contribution < -0.4 is 21.5 Å². The molecular weight excluding hydrogens is 254 g/mol. The van der Waals surface area contributed by atoms with Crippen LogP contribution in [0.3, 0.4) is 0 Å². The average molecular weight is 268 g/mol. The van der Waals surface area contributed by atoms with E-state index in [1.165, 1.54) is 16.5 Å². The third-order valence-corrected chi connectivity index (χ3v) is 2.48. The molecule has 0 saturated heterocycles. The molecule has 1 heterocycles. The van der Waals surface area contributed by atoms with Crippen LogP contribution in [0.15, 0.2) is 36.5 Å². The van der Waals surface area contributed by atoms with Crippen LogP contribution in [-0.4, -0.2) is 11.7 Å². The minimum atomic E-state index is 0. The van der Waals surface area contributed by atoms with Crippen LogP contribution in [0.5, 0.6) is 0 Å². The highest BCUT2D eigenvalue weighted by molar-refractivity contribution is 5.78. The van der Waals surface area contributed by atoms with Gasteiger partial charge in [0, 0.05) is 17.5 Å². The second-order valence-corrected chi connectivity index (χ2v) is 3.43. The van der Waals surface area contributed by atoms with Gasteiger partial charge in [-0.2, -0.15) is 4.57 Å². The van der Waals surface area contributed by atoms with Gasteiger partial charge in [0.15, 0.2) is 12.7 Å². The summed E-state index contributed by atoms with van der Waals surface area (Å²) in [6.45, 7) is 2.93. The minimum Gasteiger partial charge on any atom is -1.00 e. The number of hydrogen-bond acceptors (Lipinski definition) is 1. The predicted molar refractivity (Wildman–Crippen MR) is 56.0 cm³/mol. The van der Waals surface area contributed by atoms with Gasteiger partial charge < -0.3 is 22.1 Å². The Kier molecular flexibility index (Phi) is 4.24. The first-order valence-electron chi connectivity index (χ1n) is 4.81. The van der Waals surface area contributed by atoms with Gasteiger partial charge in [0.05, 0.1) is 0 Å². The Morgan fingerprint density at radius 2 is 1.93 bits per heavy atom. The molecule has 0 bridgehead atoms. The van der Waals surface area contributed by atoms with E-state index >= 15 is 0 Å². The van der Waals surface area contributed by atoms with E-state index in [9.17, 15) is 0 Å². The number of nitrogens with zero attached hydrogens (tertiary/aromatic N) is 1. The molecule has 0 spiro atoms. The third-order valence-electron chi connectivity index (χ3n) is 2.48. The van der Waals surface area contributed by atoms with E-state index in [1.54, 1.807) is 0 Å². The van der Waals surface area contributed by atoms with Crippen molar-refractivity contribution in [1.82, 2.24) is 0 Å². The topological polar surface area (TPSA) is 24.1 Å². The lowest BCUT2D eigenvalue weighted by Crippen LogP contribution is -3.00. The highest BCUT2D eigenvalue weighted by Crippen LogP contribution is 2.13. The molecule has 2 aromatic rings. The molecule has 0 aliphatic rings. The zero-order valence-corrected chi connectivity index (χ0v) is 10.2. The third kappa shape index (κ3) is 2.36. The Balaban J connectivity index is 0.00000112. The molecule has 1 N–H and O–H groups in total. The van der Waals surface area contributed by atoms with E-state index < -0.39 is 0 Å². The first-order valence-corrected chi connectivity index (χ1v) is 4.81. The summed E-state index contributed by atoms with van der Waals surface area (Å²) in [5, 5.41) is 10.2. The Morgan fingerprint density at radius 1 is 1.20 bits per heavy atom. The van der Waals surface area contributed by atoms with Gasteiger partial charge in [-0.25, -0.2) is 0 Å². The number of pyridine rings is 1. The summed E-state index contributed by atoms with van der Waals surface area (Å²) in [5.41, 5.74) is 2.45. The molecule has 15 heavy (non-hydrogen) atoms. The summed E-state index contributed by atoms with van der Waals surface area (Å²) in [5.74, 6) is 0. The monoisotopic (exact) mass is 267 g/mol. The number of aliphatic hydroxyl groups is 1. The van der Waals surface area contributed by atoms with Crippen molar-refractivity contribution in [3.8, 4) is 0 Å². The Labute approximate surface area is 99.9 Å². The van der Waals surface area contributed by atoms with Crippen LogP contribution in [0.2, 0.25) is 0 Å². The molecule has 0 saturated carbocycles. The number of aromatic nitrogens is 1. The maximum atomic E-state index is 8.93. The van der Waals surface area contributed by atoms with E-state index in [1.807, 2.05) is 18.3 Å². The highest BCUT2D eigenvalue weighted by Gasteiger charge is 2.08. The molecule has 0 atom stereocenters. The van der Waals surface area contributed by atoms with Crippen molar-refractivity contribution < 1.29 is 26.7 Å². The minimum absolute atomic E-state index is 0. The largest absolute Gasteiger partial charge is 1.00 e. The van der Waals surface area contributed by atoms with Crippen molar-refractivity contribution in [3.05, 3.63) is 42.1 Å². The number of hydrogen-bond donors (Lipinski definition) is 1. The van der Waals surface area contributed by atoms with Gasteiger partial charge in [-0.15, -0.1) is 0 Å². The smallest absolute Gasteiger partial charge is 0.212 e. The molecule has 3 heteroatoms. The van der Waals surface area contributed by atoms with Crippen molar-refractivity contribution in [1.29, 1.82) is 0 Å². The van der Waals surface area contributed by atoms with Crippen molar-refractivity contribution in [3.63, 3.8) is 0 Å². The average Bonchev–Trinajstić information content (AvgIpc) is 2.23. The first kappa shape index (κ1) is 12.1. The van der Waals surface area contributed by atoms with Crippen LogP contribution >= 0.6 is 0 Å². The Hall–Kier alpha value is -0.930. The quantitative estimate of drug-likeness (QED) is 0.654. The fourth-order valence-electron chi connectivity index (χ4n) is 1.73. The van der Waals surface area contributed by atoms with Crippen molar-refractivity contribution >= 4 is 10.9 Å². The lowest BCUT2D eigenvalue weighted by molar-refractivity contribution is -0.672. The lowest BCUT2D eigenvalue weighted by atomic mass is 10.1. The van der Waals surface area contributed by atoms with E-state index in [0.29, 0.717) is 6.54 Å². The molecule has 80 valence electrons. The number of halogens is 1. The molecule has 1 aromatic heterocycles. The highest BCUT2D eigenvalue weighted by atomic mass is 79.9. The molecule has 0 unspecified atom stereocenters. The van der Waals surface area contributed by atoms with Crippen molar-refractivity contribution in [2.45, 2.75) is 13.5 Å². The fourth-order valence-corrected chi connectivity index (χ4v) is 1.73. The number of benzene rings is 1. The number of aliphatic hydroxyl groups excluding tert-OH is 1. The molecule has 2 nitrogen and oxygen atoms in total. The standard InChI is InChI=1S/C12H14NO.BrH/c1-10-6-7-13(8-9-14)12-5-3-2-4-11(10)12;/h2-7,14H,8-9H2,1H3;1H/q+1;/p-1. The van der Waals surface area contributed by atoms with Crippen LogP contribution in [-0.2, 0) is 6.54 Å². The molecule has 0 fully saturated rings. The molecule has 0 aliphatic carbocycles. The first-order chi connectivity index (χ1) is 6.83. The Bertz CT molecular complexity index is 456. The summed E-state index contributed by atoms with van der Waals surface area (Å²) in [7, 11) is 0. The second-order valence-electron chi connectivity index (χ2n) is 3.43. The van der Waals surface area contributed by atoms with Crippen LogP contribution in [0, 0.1) is 6.92 Å². The molecule has 0 radical (unpaired) electrons. The molecule has 2 rings (SSSR count). The number of aryl methyl sites for hydroxylation is 1. The van der Waals surface area contributed by atoms with Gasteiger partial charge in [0.25, 0.3) is 0 Å². The van der Waals surface area contributed by atoms with Gasteiger partial charge in [0.1, 0.15) is 6.61 Å². The van der Waals surface area contributed by atoms with Crippen LogP contribution in [0.4, 0.5) is 0 Å². The summed E-state index contributed by atoms with van der Waals surface area (Å²) in [6.07, 6.45) is 2.02. The van der Waals surface area contributed by atoms with Crippen molar-refractivity contribution in [2.24, 2.45) is 0 Å². The molecule has 1 aromatic carbocycles. The summed E-state index contributed by atoms with van der Waals surface area (Å²) < 4.78 is 2.07. The maximum absolute atomic E-state index is 8.93. The second kappa shape index (κ2) is 5.24. The summed E-state index contributed by atoms with van der Waals surface area (Å²) in [4.78, 5) is 0. The van der Waals surface area contributed by atoms with E-state index in [-0.39, 0.29) is 23.6 Å². The van der Waals surface area contributed by atoms with E-state index in [4.69, 9.17) is 5.11 Å². The van der Waals surface area contributed by atoms with E-state index in [0.717, 1.165) is 0 Å². The fraction of sp³-hybridized carbons (Fsp3) is 0.250. The van der Waals surface area contributed by atoms with E-state index in [2.05, 4.69) is 29.7 Å². The van der Waals surface area contributed by atoms with Crippen molar-refractivity contribution in [2.75, 3.05) is 6.61 Å². The Morgan fingerprint density at radius 3 is 2.67 bits per heavy atom. The number of rotatable bonds is 2. The summed E-state index contributed by atoms with van der Waals surface area (Å²) >= 11 is 0. The zero-order valence-electron chi connectivity index (χ0n) is 8.65. The van der Waals surface area contributed by atoms with Gasteiger partial charge in [-0.3, -0.25) is 0 Å². The lowest BCUT2D eigenvalue weighted by Gasteiger charge is -2.01. The van der Waals surface area contributed by atoms with Gasteiger partial charge in [0.2, 0.25) is 5.52 Å². The predicted octanol–water partition coefficient (Wildman–Crippen LogP) is -1.57. The summed E-state index contributed by atoms with van der Waals surface area (Å²) in [6, 6.07) is 10.3. The van der Waals surface area contributed by atoms with Crippen LogP contribution in [0.25, 0.3) is 10.9 Å². The SMILES string of the molecule is Cc1cc[n+](CCO)c2ccccc12.[Br-]. The number of fused-ring (bicyclic) bond motifs is 1. The van der Waals surface area contributed by atoms with Gasteiger partial charge in [-0.1, -0.05) is 12.1 Å².